The molecule has 0 heterocycles. The molecule has 0 radical (unpaired) electrons. The molecule has 1 saturated carbocycles. The van der Waals surface area contributed by atoms with E-state index in [0.29, 0.717) is 18.4 Å². The Morgan fingerprint density at radius 3 is 2.71 bits per heavy atom. The minimum Gasteiger partial charge on any atom is -0.349 e. The Morgan fingerprint density at radius 1 is 1.29 bits per heavy atom. The predicted octanol–water partition coefficient (Wildman–Crippen LogP) is 5.90. The highest BCUT2D eigenvalue weighted by atomic mass is 79.9. The molecular weight excluding hydrogens is 430 g/mol. The van der Waals surface area contributed by atoms with Crippen LogP contribution in [0.1, 0.15) is 38.7 Å². The van der Waals surface area contributed by atoms with Gasteiger partial charge in [-0.1, -0.05) is 29.9 Å². The molecule has 4 heteroatoms. The van der Waals surface area contributed by atoms with Crippen LogP contribution in [0.4, 0.5) is 0 Å². The van der Waals surface area contributed by atoms with Crippen LogP contribution in [0.5, 0.6) is 0 Å². The zero-order valence-electron chi connectivity index (χ0n) is 14.3. The van der Waals surface area contributed by atoms with Crippen molar-refractivity contribution in [1.29, 1.82) is 0 Å². The predicted molar refractivity (Wildman–Crippen MR) is 108 cm³/mol. The molecule has 1 aromatic rings. The Kier molecular flexibility index (Phi) is 7.05. The standard InChI is InChI=1S/C20H23Br2NO/c1-4-13(2)12-23-20(24)9-14(3)5-6-15-10-17(15)16-7-8-18(21)19(22)11-16/h4-9,11,15,17H,10,12H2,1-3H3,(H,23,24)/t15-,17-/m1/s1. The lowest BCUT2D eigenvalue weighted by Gasteiger charge is -2.02. The van der Waals surface area contributed by atoms with Gasteiger partial charge in [-0.3, -0.25) is 4.79 Å². The fraction of sp³-hybridized carbons (Fsp3) is 0.350. The van der Waals surface area contributed by atoms with Crippen molar-refractivity contribution in [3.63, 3.8) is 0 Å². The van der Waals surface area contributed by atoms with Gasteiger partial charge in [-0.15, -0.1) is 0 Å². The monoisotopic (exact) mass is 451 g/mol. The lowest BCUT2D eigenvalue weighted by atomic mass is 10.1. The van der Waals surface area contributed by atoms with E-state index in [2.05, 4.69) is 67.5 Å². The largest absolute Gasteiger partial charge is 0.349 e. The highest BCUT2D eigenvalue weighted by Crippen LogP contribution is 2.49. The second kappa shape index (κ2) is 8.82. The summed E-state index contributed by atoms with van der Waals surface area (Å²) in [6.07, 6.45) is 9.11. The first-order chi connectivity index (χ1) is 11.4. The number of hydrogen-bond acceptors (Lipinski definition) is 1. The number of rotatable bonds is 6. The topological polar surface area (TPSA) is 29.1 Å². The van der Waals surface area contributed by atoms with Gasteiger partial charge in [0.2, 0.25) is 5.91 Å². The molecule has 1 aliphatic carbocycles. The van der Waals surface area contributed by atoms with Gasteiger partial charge >= 0.3 is 0 Å². The van der Waals surface area contributed by atoms with Gasteiger partial charge in [0, 0.05) is 21.6 Å². The lowest BCUT2D eigenvalue weighted by Crippen LogP contribution is -2.23. The zero-order valence-corrected chi connectivity index (χ0v) is 17.4. The van der Waals surface area contributed by atoms with Crippen molar-refractivity contribution in [3.05, 3.63) is 68.2 Å². The summed E-state index contributed by atoms with van der Waals surface area (Å²) in [5.74, 6) is 1.11. The van der Waals surface area contributed by atoms with E-state index < -0.39 is 0 Å². The first-order valence-electron chi connectivity index (χ1n) is 8.11. The Labute approximate surface area is 161 Å². The molecule has 0 aromatic heterocycles. The van der Waals surface area contributed by atoms with Crippen molar-refractivity contribution >= 4 is 37.8 Å². The Bertz CT molecular complexity index is 704. The number of hydrogen-bond donors (Lipinski definition) is 1. The van der Waals surface area contributed by atoms with Crippen LogP contribution in [-0.4, -0.2) is 12.5 Å². The third kappa shape index (κ3) is 5.75. The molecule has 2 atom stereocenters. The summed E-state index contributed by atoms with van der Waals surface area (Å²) in [6.45, 7) is 6.55. The van der Waals surface area contributed by atoms with Gasteiger partial charge in [-0.05, 0) is 94.2 Å². The van der Waals surface area contributed by atoms with Crippen molar-refractivity contribution in [2.75, 3.05) is 6.54 Å². The number of halogens is 2. The maximum atomic E-state index is 11.8. The molecule has 2 nitrogen and oxygen atoms in total. The molecule has 24 heavy (non-hydrogen) atoms. The van der Waals surface area contributed by atoms with E-state index in [-0.39, 0.29) is 5.91 Å². The zero-order chi connectivity index (χ0) is 17.7. The molecule has 1 aliphatic rings. The Balaban J connectivity index is 1.86. The summed E-state index contributed by atoms with van der Waals surface area (Å²) >= 11 is 7.06. The molecule has 0 spiro atoms. The van der Waals surface area contributed by atoms with Gasteiger partial charge in [0.25, 0.3) is 0 Å². The third-order valence-electron chi connectivity index (χ3n) is 4.21. The molecule has 2 rings (SSSR count). The average molecular weight is 453 g/mol. The van der Waals surface area contributed by atoms with Crippen LogP contribution in [0.25, 0.3) is 0 Å². The molecule has 1 aromatic carbocycles. The summed E-state index contributed by atoms with van der Waals surface area (Å²) < 4.78 is 2.18. The van der Waals surface area contributed by atoms with E-state index in [9.17, 15) is 4.79 Å². The number of nitrogens with one attached hydrogen (secondary N) is 1. The van der Waals surface area contributed by atoms with Crippen LogP contribution in [0.3, 0.4) is 0 Å². The highest BCUT2D eigenvalue weighted by molar-refractivity contribution is 9.13. The van der Waals surface area contributed by atoms with Gasteiger partial charge in [-0.25, -0.2) is 0 Å². The van der Waals surface area contributed by atoms with Gasteiger partial charge in [0.15, 0.2) is 0 Å². The lowest BCUT2D eigenvalue weighted by molar-refractivity contribution is -0.116. The average Bonchev–Trinajstić information content (AvgIpc) is 3.33. The molecule has 0 aliphatic heterocycles. The fourth-order valence-corrected chi connectivity index (χ4v) is 3.11. The van der Waals surface area contributed by atoms with Crippen molar-refractivity contribution in [2.45, 2.75) is 33.1 Å². The maximum absolute atomic E-state index is 11.8. The van der Waals surface area contributed by atoms with Gasteiger partial charge in [-0.2, -0.15) is 0 Å². The number of carbonyl (C=O) groups excluding carboxylic acids is 1. The van der Waals surface area contributed by atoms with E-state index >= 15 is 0 Å². The van der Waals surface area contributed by atoms with E-state index in [0.717, 1.165) is 20.1 Å². The summed E-state index contributed by atoms with van der Waals surface area (Å²) in [5.41, 5.74) is 3.50. The maximum Gasteiger partial charge on any atom is 0.244 e. The van der Waals surface area contributed by atoms with Gasteiger partial charge in [0.05, 0.1) is 0 Å². The van der Waals surface area contributed by atoms with E-state index in [1.807, 2.05) is 26.8 Å². The Hall–Kier alpha value is -1.13. The van der Waals surface area contributed by atoms with E-state index in [1.165, 1.54) is 12.0 Å². The van der Waals surface area contributed by atoms with Crippen LogP contribution in [0.2, 0.25) is 0 Å². The number of allylic oxidation sites excluding steroid dienone is 4. The smallest absolute Gasteiger partial charge is 0.244 e. The van der Waals surface area contributed by atoms with Crippen LogP contribution < -0.4 is 5.32 Å². The Morgan fingerprint density at radius 2 is 2.04 bits per heavy atom. The molecular formula is C20H23Br2NO. The molecule has 1 fully saturated rings. The van der Waals surface area contributed by atoms with Crippen LogP contribution in [0.15, 0.2) is 62.6 Å². The summed E-state index contributed by atoms with van der Waals surface area (Å²) in [5, 5.41) is 2.89. The van der Waals surface area contributed by atoms with Gasteiger partial charge in [0.1, 0.15) is 0 Å². The minimum absolute atomic E-state index is 0.0393. The quantitative estimate of drug-likeness (QED) is 0.325. The van der Waals surface area contributed by atoms with E-state index in [1.54, 1.807) is 6.08 Å². The number of carbonyl (C=O) groups is 1. The molecule has 1 N–H and O–H groups in total. The third-order valence-corrected chi connectivity index (χ3v) is 6.09. The summed E-state index contributed by atoms with van der Waals surface area (Å²) in [7, 11) is 0. The minimum atomic E-state index is -0.0393. The van der Waals surface area contributed by atoms with Crippen molar-refractivity contribution in [2.24, 2.45) is 5.92 Å². The number of benzene rings is 1. The number of amides is 1. The van der Waals surface area contributed by atoms with Crippen LogP contribution >= 0.6 is 31.9 Å². The van der Waals surface area contributed by atoms with Crippen LogP contribution in [-0.2, 0) is 4.79 Å². The first kappa shape index (κ1) is 19.2. The second-order valence-corrected chi connectivity index (χ2v) is 7.99. The summed E-state index contributed by atoms with van der Waals surface area (Å²) in [4.78, 5) is 11.8. The normalized spacial score (nSPS) is 21.2. The van der Waals surface area contributed by atoms with E-state index in [4.69, 9.17) is 0 Å². The SMILES string of the molecule is CC=C(C)CNC(=O)C=C(C)C=C[C@@H]1C[C@H]1c1ccc(Br)c(Br)c1. The van der Waals surface area contributed by atoms with Crippen molar-refractivity contribution < 1.29 is 4.79 Å². The second-order valence-electron chi connectivity index (χ2n) is 6.28. The van der Waals surface area contributed by atoms with Gasteiger partial charge < -0.3 is 5.32 Å². The van der Waals surface area contributed by atoms with Crippen molar-refractivity contribution in [1.82, 2.24) is 5.32 Å². The first-order valence-corrected chi connectivity index (χ1v) is 9.70. The summed E-state index contributed by atoms with van der Waals surface area (Å²) in [6, 6.07) is 6.44. The molecule has 128 valence electrons. The highest BCUT2D eigenvalue weighted by Gasteiger charge is 2.36. The molecule has 0 bridgehead atoms. The molecule has 0 saturated heterocycles. The van der Waals surface area contributed by atoms with Crippen LogP contribution in [0, 0.1) is 5.92 Å². The fourth-order valence-electron chi connectivity index (χ4n) is 2.46. The van der Waals surface area contributed by atoms with Crippen molar-refractivity contribution in [3.8, 4) is 0 Å². The molecule has 1 amide bonds. The molecule has 0 unspecified atom stereocenters.